The summed E-state index contributed by atoms with van der Waals surface area (Å²) in [5.41, 5.74) is 2.25. The maximum Gasteiger partial charge on any atom is 0.239 e. The molecule has 0 radical (unpaired) electrons. The Morgan fingerprint density at radius 1 is 1.33 bits per heavy atom. The van der Waals surface area contributed by atoms with Gasteiger partial charge in [0.15, 0.2) is 0 Å². The van der Waals surface area contributed by atoms with Gasteiger partial charge in [0, 0.05) is 19.3 Å². The van der Waals surface area contributed by atoms with E-state index in [-0.39, 0.29) is 12.5 Å². The highest BCUT2D eigenvalue weighted by atomic mass is 16.5. The molecule has 100 valence electrons. The molecule has 18 heavy (non-hydrogen) atoms. The first-order valence-corrected chi connectivity index (χ1v) is 6.23. The van der Waals surface area contributed by atoms with Crippen LogP contribution in [0.1, 0.15) is 25.3 Å². The lowest BCUT2D eigenvalue weighted by Crippen LogP contribution is -2.32. The Kier molecular flexibility index (Phi) is 6.22. The summed E-state index contributed by atoms with van der Waals surface area (Å²) < 4.78 is 4.87. The van der Waals surface area contributed by atoms with E-state index >= 15 is 0 Å². The van der Waals surface area contributed by atoms with E-state index in [1.807, 2.05) is 18.2 Å². The molecule has 0 aliphatic rings. The van der Waals surface area contributed by atoms with E-state index in [9.17, 15) is 4.79 Å². The van der Waals surface area contributed by atoms with Crippen LogP contribution >= 0.6 is 0 Å². The Morgan fingerprint density at radius 3 is 2.72 bits per heavy atom. The Hall–Kier alpha value is -1.55. The largest absolute Gasteiger partial charge is 0.383 e. The molecule has 2 N–H and O–H groups in total. The van der Waals surface area contributed by atoms with Gasteiger partial charge in [-0.3, -0.25) is 4.79 Å². The summed E-state index contributed by atoms with van der Waals surface area (Å²) in [5, 5.41) is 5.94. The minimum atomic E-state index is -0.0226. The number of amides is 1. The fraction of sp³-hybridized carbons (Fsp3) is 0.500. The zero-order chi connectivity index (χ0) is 13.4. The molecule has 0 aromatic heterocycles. The highest BCUT2D eigenvalue weighted by Crippen LogP contribution is 2.23. The molecule has 0 bridgehead atoms. The van der Waals surface area contributed by atoms with Gasteiger partial charge in [-0.15, -0.1) is 0 Å². The van der Waals surface area contributed by atoms with Crippen LogP contribution in [0.15, 0.2) is 24.3 Å². The van der Waals surface area contributed by atoms with Gasteiger partial charge in [-0.05, 0) is 17.5 Å². The van der Waals surface area contributed by atoms with Gasteiger partial charge in [0.1, 0.15) is 0 Å². The quantitative estimate of drug-likeness (QED) is 0.728. The van der Waals surface area contributed by atoms with Crippen molar-refractivity contribution in [3.05, 3.63) is 29.8 Å². The highest BCUT2D eigenvalue weighted by Gasteiger charge is 2.06. The van der Waals surface area contributed by atoms with Crippen LogP contribution in [0.4, 0.5) is 5.69 Å². The van der Waals surface area contributed by atoms with Crippen molar-refractivity contribution in [2.24, 2.45) is 0 Å². The van der Waals surface area contributed by atoms with E-state index in [0.717, 1.165) is 5.69 Å². The van der Waals surface area contributed by atoms with E-state index < -0.39 is 0 Å². The van der Waals surface area contributed by atoms with Gasteiger partial charge in [-0.2, -0.15) is 0 Å². The summed E-state index contributed by atoms with van der Waals surface area (Å²) in [6, 6.07) is 8.06. The van der Waals surface area contributed by atoms with Crippen molar-refractivity contribution in [3.63, 3.8) is 0 Å². The summed E-state index contributed by atoms with van der Waals surface area (Å²) >= 11 is 0. The molecule has 1 aromatic rings. The molecular weight excluding hydrogens is 228 g/mol. The number of hydrogen-bond acceptors (Lipinski definition) is 3. The summed E-state index contributed by atoms with van der Waals surface area (Å²) in [4.78, 5) is 11.5. The molecule has 0 aliphatic heterocycles. The van der Waals surface area contributed by atoms with Gasteiger partial charge in [-0.1, -0.05) is 32.0 Å². The first-order valence-electron chi connectivity index (χ1n) is 6.23. The molecular formula is C14H22N2O2. The summed E-state index contributed by atoms with van der Waals surface area (Å²) in [6.07, 6.45) is 0. The molecule has 1 rings (SSSR count). The minimum absolute atomic E-state index is 0.0226. The third-order valence-electron chi connectivity index (χ3n) is 2.65. The second kappa shape index (κ2) is 7.71. The number of nitrogens with one attached hydrogen (secondary N) is 2. The van der Waals surface area contributed by atoms with Gasteiger partial charge in [0.05, 0.1) is 13.2 Å². The van der Waals surface area contributed by atoms with Gasteiger partial charge in [-0.25, -0.2) is 0 Å². The van der Waals surface area contributed by atoms with E-state index in [2.05, 4.69) is 30.5 Å². The molecule has 0 atom stereocenters. The smallest absolute Gasteiger partial charge is 0.239 e. The zero-order valence-corrected chi connectivity index (χ0v) is 11.3. The predicted octanol–water partition coefficient (Wildman–Crippen LogP) is 1.98. The molecule has 0 spiro atoms. The van der Waals surface area contributed by atoms with Gasteiger partial charge in [0.2, 0.25) is 5.91 Å². The second-order valence-corrected chi connectivity index (χ2v) is 4.44. The van der Waals surface area contributed by atoms with Crippen LogP contribution in [0.25, 0.3) is 0 Å². The monoisotopic (exact) mass is 250 g/mol. The van der Waals surface area contributed by atoms with Crippen LogP contribution in [0.5, 0.6) is 0 Å². The SMILES string of the molecule is COCCNC(=O)CNc1ccccc1C(C)C. The maximum absolute atomic E-state index is 11.5. The lowest BCUT2D eigenvalue weighted by atomic mass is 10.0. The Morgan fingerprint density at radius 2 is 2.06 bits per heavy atom. The molecule has 4 nitrogen and oxygen atoms in total. The van der Waals surface area contributed by atoms with Crippen molar-refractivity contribution in [2.75, 3.05) is 32.1 Å². The van der Waals surface area contributed by atoms with E-state index in [1.54, 1.807) is 7.11 Å². The van der Waals surface area contributed by atoms with Crippen molar-refractivity contribution in [1.29, 1.82) is 0 Å². The zero-order valence-electron chi connectivity index (χ0n) is 11.3. The van der Waals surface area contributed by atoms with Crippen LogP contribution in [-0.2, 0) is 9.53 Å². The van der Waals surface area contributed by atoms with Gasteiger partial charge >= 0.3 is 0 Å². The topological polar surface area (TPSA) is 50.4 Å². The molecule has 0 aliphatic carbocycles. The van der Waals surface area contributed by atoms with Gasteiger partial charge in [0.25, 0.3) is 0 Å². The number of benzene rings is 1. The van der Waals surface area contributed by atoms with Crippen LogP contribution in [0.2, 0.25) is 0 Å². The number of carbonyl (C=O) groups excluding carboxylic acids is 1. The third kappa shape index (κ3) is 4.75. The molecule has 0 unspecified atom stereocenters. The molecule has 0 saturated heterocycles. The number of rotatable bonds is 7. The maximum atomic E-state index is 11.5. The van der Waals surface area contributed by atoms with Crippen molar-refractivity contribution < 1.29 is 9.53 Å². The third-order valence-corrected chi connectivity index (χ3v) is 2.65. The molecule has 1 aromatic carbocycles. The summed E-state index contributed by atoms with van der Waals surface area (Å²) in [5.74, 6) is 0.413. The first kappa shape index (κ1) is 14.5. The van der Waals surface area contributed by atoms with Crippen LogP contribution in [-0.4, -0.2) is 32.7 Å². The first-order chi connectivity index (χ1) is 8.65. The van der Waals surface area contributed by atoms with Gasteiger partial charge < -0.3 is 15.4 Å². The number of para-hydroxylation sites is 1. The lowest BCUT2D eigenvalue weighted by molar-refractivity contribution is -0.119. The predicted molar refractivity (Wildman–Crippen MR) is 73.9 cm³/mol. The average molecular weight is 250 g/mol. The number of carbonyl (C=O) groups is 1. The van der Waals surface area contributed by atoms with E-state index in [4.69, 9.17) is 4.74 Å². The molecule has 4 heteroatoms. The number of ether oxygens (including phenoxy) is 1. The number of methoxy groups -OCH3 is 1. The number of anilines is 1. The van der Waals surface area contributed by atoms with Crippen LogP contribution in [0, 0.1) is 0 Å². The lowest BCUT2D eigenvalue weighted by Gasteiger charge is -2.14. The standard InChI is InChI=1S/C14H22N2O2/c1-11(2)12-6-4-5-7-13(12)16-10-14(17)15-8-9-18-3/h4-7,11,16H,8-10H2,1-3H3,(H,15,17). The minimum Gasteiger partial charge on any atom is -0.383 e. The second-order valence-electron chi connectivity index (χ2n) is 4.44. The van der Waals surface area contributed by atoms with Crippen LogP contribution in [0.3, 0.4) is 0 Å². The van der Waals surface area contributed by atoms with E-state index in [0.29, 0.717) is 19.1 Å². The van der Waals surface area contributed by atoms with Crippen molar-refractivity contribution in [1.82, 2.24) is 5.32 Å². The Labute approximate surface area is 109 Å². The summed E-state index contributed by atoms with van der Waals surface area (Å²) in [7, 11) is 1.61. The molecule has 1 amide bonds. The average Bonchev–Trinajstić information content (AvgIpc) is 2.37. The molecule has 0 fully saturated rings. The summed E-state index contributed by atoms with van der Waals surface area (Å²) in [6.45, 7) is 5.64. The van der Waals surface area contributed by atoms with Crippen molar-refractivity contribution in [2.45, 2.75) is 19.8 Å². The Bertz CT molecular complexity index is 378. The fourth-order valence-electron chi connectivity index (χ4n) is 1.69. The Balaban J connectivity index is 2.45. The molecule has 0 saturated carbocycles. The number of hydrogen-bond donors (Lipinski definition) is 2. The van der Waals surface area contributed by atoms with Crippen molar-refractivity contribution >= 4 is 11.6 Å². The van der Waals surface area contributed by atoms with Crippen LogP contribution < -0.4 is 10.6 Å². The molecule has 0 heterocycles. The fourth-order valence-corrected chi connectivity index (χ4v) is 1.69. The van der Waals surface area contributed by atoms with E-state index in [1.165, 1.54) is 5.56 Å². The highest BCUT2D eigenvalue weighted by molar-refractivity contribution is 5.80. The normalized spacial score (nSPS) is 10.4. The van der Waals surface area contributed by atoms with Crippen molar-refractivity contribution in [3.8, 4) is 0 Å².